The van der Waals surface area contributed by atoms with E-state index in [9.17, 15) is 0 Å². The van der Waals surface area contributed by atoms with Crippen LogP contribution in [0.25, 0.3) is 0 Å². The second-order valence-electron chi connectivity index (χ2n) is 2.94. The summed E-state index contributed by atoms with van der Waals surface area (Å²) in [5.41, 5.74) is 7.98. The average molecular weight is 149 g/mol. The van der Waals surface area contributed by atoms with Gasteiger partial charge in [-0.15, -0.1) is 0 Å². The van der Waals surface area contributed by atoms with E-state index in [0.29, 0.717) is 11.7 Å². The Morgan fingerprint density at radius 2 is 2.55 bits per heavy atom. The third-order valence-corrected chi connectivity index (χ3v) is 2.13. The summed E-state index contributed by atoms with van der Waals surface area (Å²) in [7, 11) is 0. The molecule has 0 bridgehead atoms. The van der Waals surface area contributed by atoms with Crippen LogP contribution in [0.2, 0.25) is 0 Å². The molecule has 1 aliphatic rings. The van der Waals surface area contributed by atoms with Crippen molar-refractivity contribution in [1.82, 2.24) is 4.98 Å². The Bertz CT molecular complexity index is 283. The first-order chi connectivity index (χ1) is 5.29. The minimum atomic E-state index is 0.565. The van der Waals surface area contributed by atoms with Crippen LogP contribution in [0.4, 0.5) is 11.5 Å². The standard InChI is InChI=1S/C8H11N3/c1-5-4-11-7-6(5)2-3-10-8(7)9/h2-3,5,11H,4H2,1H3,(H2,9,10). The van der Waals surface area contributed by atoms with Gasteiger partial charge in [0.1, 0.15) is 5.82 Å². The van der Waals surface area contributed by atoms with E-state index in [1.165, 1.54) is 5.56 Å². The van der Waals surface area contributed by atoms with Crippen molar-refractivity contribution in [3.8, 4) is 0 Å². The van der Waals surface area contributed by atoms with Crippen molar-refractivity contribution in [3.63, 3.8) is 0 Å². The molecular formula is C8H11N3. The third-order valence-electron chi connectivity index (χ3n) is 2.13. The molecule has 0 radical (unpaired) electrons. The smallest absolute Gasteiger partial charge is 0.147 e. The molecule has 1 unspecified atom stereocenters. The first kappa shape index (κ1) is 6.46. The van der Waals surface area contributed by atoms with E-state index in [1.54, 1.807) is 6.20 Å². The maximum atomic E-state index is 5.66. The van der Waals surface area contributed by atoms with Gasteiger partial charge in [-0.05, 0) is 11.6 Å². The predicted octanol–water partition coefficient (Wildman–Crippen LogP) is 1.19. The van der Waals surface area contributed by atoms with Crippen molar-refractivity contribution >= 4 is 11.5 Å². The SMILES string of the molecule is CC1CNc2c1ccnc2N. The molecule has 3 nitrogen and oxygen atoms in total. The molecule has 1 aliphatic heterocycles. The lowest BCUT2D eigenvalue weighted by molar-refractivity contribution is 0.853. The first-order valence-corrected chi connectivity index (χ1v) is 3.77. The van der Waals surface area contributed by atoms with E-state index in [1.807, 2.05) is 6.07 Å². The van der Waals surface area contributed by atoms with E-state index in [-0.39, 0.29) is 0 Å². The summed E-state index contributed by atoms with van der Waals surface area (Å²) in [5.74, 6) is 1.18. The first-order valence-electron chi connectivity index (χ1n) is 3.77. The molecule has 0 aromatic carbocycles. The topological polar surface area (TPSA) is 50.9 Å². The van der Waals surface area contributed by atoms with Gasteiger partial charge in [-0.2, -0.15) is 0 Å². The van der Waals surface area contributed by atoms with E-state index in [4.69, 9.17) is 5.73 Å². The normalized spacial score (nSPS) is 21.0. The van der Waals surface area contributed by atoms with Crippen molar-refractivity contribution in [2.45, 2.75) is 12.8 Å². The van der Waals surface area contributed by atoms with Crippen LogP contribution in [0.15, 0.2) is 12.3 Å². The quantitative estimate of drug-likeness (QED) is 0.582. The van der Waals surface area contributed by atoms with Crippen molar-refractivity contribution in [2.24, 2.45) is 0 Å². The summed E-state index contributed by atoms with van der Waals surface area (Å²) in [5, 5.41) is 3.23. The summed E-state index contributed by atoms with van der Waals surface area (Å²) < 4.78 is 0. The minimum Gasteiger partial charge on any atom is -0.382 e. The fraction of sp³-hybridized carbons (Fsp3) is 0.375. The molecule has 1 atom stereocenters. The van der Waals surface area contributed by atoms with Crippen molar-refractivity contribution in [2.75, 3.05) is 17.6 Å². The Balaban J connectivity index is 2.57. The molecule has 11 heavy (non-hydrogen) atoms. The van der Waals surface area contributed by atoms with Crippen molar-refractivity contribution in [1.29, 1.82) is 0 Å². The lowest BCUT2D eigenvalue weighted by atomic mass is 10.1. The third kappa shape index (κ3) is 0.843. The number of hydrogen-bond acceptors (Lipinski definition) is 3. The minimum absolute atomic E-state index is 0.565. The highest BCUT2D eigenvalue weighted by Crippen LogP contribution is 2.33. The molecular weight excluding hydrogens is 138 g/mol. The highest BCUT2D eigenvalue weighted by Gasteiger charge is 2.19. The summed E-state index contributed by atoms with van der Waals surface area (Å²) in [6.07, 6.45) is 1.76. The molecule has 3 N–H and O–H groups in total. The van der Waals surface area contributed by atoms with E-state index < -0.39 is 0 Å². The van der Waals surface area contributed by atoms with Gasteiger partial charge in [-0.3, -0.25) is 0 Å². The molecule has 0 spiro atoms. The predicted molar refractivity (Wildman–Crippen MR) is 45.6 cm³/mol. The summed E-state index contributed by atoms with van der Waals surface area (Å²) in [6, 6.07) is 2.02. The Kier molecular flexibility index (Phi) is 1.24. The second kappa shape index (κ2) is 2.12. The van der Waals surface area contributed by atoms with Gasteiger partial charge < -0.3 is 11.1 Å². The summed E-state index contributed by atoms with van der Waals surface area (Å²) in [6.45, 7) is 3.16. The number of nitrogens with one attached hydrogen (secondary N) is 1. The Morgan fingerprint density at radius 3 is 3.27 bits per heavy atom. The number of aromatic nitrogens is 1. The summed E-state index contributed by atoms with van der Waals surface area (Å²) in [4.78, 5) is 4.00. The number of anilines is 2. The van der Waals surface area contributed by atoms with Crippen molar-refractivity contribution < 1.29 is 0 Å². The van der Waals surface area contributed by atoms with Crippen LogP contribution in [0.5, 0.6) is 0 Å². The number of pyridine rings is 1. The van der Waals surface area contributed by atoms with Gasteiger partial charge in [0.25, 0.3) is 0 Å². The van der Waals surface area contributed by atoms with Crippen LogP contribution in [0.3, 0.4) is 0 Å². The van der Waals surface area contributed by atoms with Gasteiger partial charge in [0, 0.05) is 18.7 Å². The zero-order valence-electron chi connectivity index (χ0n) is 6.46. The molecule has 0 aliphatic carbocycles. The maximum absolute atomic E-state index is 5.66. The Hall–Kier alpha value is -1.25. The van der Waals surface area contributed by atoms with Crippen LogP contribution in [0.1, 0.15) is 18.4 Å². The van der Waals surface area contributed by atoms with Crippen LogP contribution in [-0.2, 0) is 0 Å². The monoisotopic (exact) mass is 149 g/mol. The van der Waals surface area contributed by atoms with Gasteiger partial charge in [0.05, 0.1) is 5.69 Å². The van der Waals surface area contributed by atoms with Gasteiger partial charge in [-0.1, -0.05) is 6.92 Å². The van der Waals surface area contributed by atoms with Gasteiger partial charge in [-0.25, -0.2) is 4.98 Å². The molecule has 58 valence electrons. The molecule has 0 saturated carbocycles. The molecule has 2 heterocycles. The largest absolute Gasteiger partial charge is 0.382 e. The molecule has 1 aromatic rings. The Labute approximate surface area is 65.6 Å². The van der Waals surface area contributed by atoms with E-state index in [2.05, 4.69) is 17.2 Å². The van der Waals surface area contributed by atoms with Crippen LogP contribution >= 0.6 is 0 Å². The molecule has 3 heteroatoms. The molecule has 2 rings (SSSR count). The van der Waals surface area contributed by atoms with Crippen molar-refractivity contribution in [3.05, 3.63) is 17.8 Å². The molecule has 1 aromatic heterocycles. The highest BCUT2D eigenvalue weighted by atomic mass is 15.0. The lowest BCUT2D eigenvalue weighted by Crippen LogP contribution is -1.98. The number of rotatable bonds is 0. The summed E-state index contributed by atoms with van der Waals surface area (Å²) >= 11 is 0. The highest BCUT2D eigenvalue weighted by molar-refractivity contribution is 5.70. The van der Waals surface area contributed by atoms with E-state index >= 15 is 0 Å². The van der Waals surface area contributed by atoms with Gasteiger partial charge in [0.15, 0.2) is 0 Å². The number of nitrogens with two attached hydrogens (primary N) is 1. The molecule has 0 amide bonds. The fourth-order valence-electron chi connectivity index (χ4n) is 1.46. The molecule has 0 saturated heterocycles. The second-order valence-corrected chi connectivity index (χ2v) is 2.94. The van der Waals surface area contributed by atoms with Gasteiger partial charge >= 0.3 is 0 Å². The number of nitrogens with zero attached hydrogens (tertiary/aromatic N) is 1. The van der Waals surface area contributed by atoms with Crippen LogP contribution < -0.4 is 11.1 Å². The number of hydrogen-bond donors (Lipinski definition) is 2. The number of fused-ring (bicyclic) bond motifs is 1. The van der Waals surface area contributed by atoms with Gasteiger partial charge in [0.2, 0.25) is 0 Å². The zero-order chi connectivity index (χ0) is 7.84. The fourth-order valence-corrected chi connectivity index (χ4v) is 1.46. The van der Waals surface area contributed by atoms with E-state index in [0.717, 1.165) is 12.2 Å². The average Bonchev–Trinajstić information content (AvgIpc) is 2.35. The lowest BCUT2D eigenvalue weighted by Gasteiger charge is -2.02. The Morgan fingerprint density at radius 1 is 1.73 bits per heavy atom. The number of nitrogen functional groups attached to an aromatic ring is 1. The maximum Gasteiger partial charge on any atom is 0.147 e. The van der Waals surface area contributed by atoms with Crippen LogP contribution in [-0.4, -0.2) is 11.5 Å². The van der Waals surface area contributed by atoms with Crippen LogP contribution in [0, 0.1) is 0 Å². The zero-order valence-corrected chi connectivity index (χ0v) is 6.46. The molecule has 0 fully saturated rings.